The third kappa shape index (κ3) is 4.11. The molecular formula is C21H21N3O5. The van der Waals surface area contributed by atoms with Gasteiger partial charge >= 0.3 is 5.97 Å². The van der Waals surface area contributed by atoms with E-state index in [1.54, 1.807) is 24.3 Å². The van der Waals surface area contributed by atoms with Crippen molar-refractivity contribution in [2.45, 2.75) is 37.8 Å². The standard InChI is InChI=1S/C21H21N3O5/c1-13-17(28-20(25)14-8-4-2-5-9-14)18-16(27-19(13)23-24-22)12-26-21(29-18)15-10-6-3-7-11-15/h2-11,13,16-19,21H,12H2,1H3/t13?,16?,17-,18+,19-,21?/m1/s1. The minimum atomic E-state index is -0.782. The zero-order chi connectivity index (χ0) is 20.2. The fourth-order valence-electron chi connectivity index (χ4n) is 3.63. The van der Waals surface area contributed by atoms with Gasteiger partial charge in [0.2, 0.25) is 0 Å². The Morgan fingerprint density at radius 3 is 2.48 bits per heavy atom. The Balaban J connectivity index is 1.59. The Kier molecular flexibility index (Phi) is 5.78. The minimum Gasteiger partial charge on any atom is -0.456 e. The Labute approximate surface area is 168 Å². The van der Waals surface area contributed by atoms with E-state index in [0.29, 0.717) is 5.56 Å². The Hall–Kier alpha value is -2.90. The van der Waals surface area contributed by atoms with Crippen molar-refractivity contribution in [3.05, 3.63) is 82.2 Å². The molecule has 0 radical (unpaired) electrons. The van der Waals surface area contributed by atoms with Gasteiger partial charge in [-0.15, -0.1) is 0 Å². The maximum atomic E-state index is 12.7. The first-order valence-corrected chi connectivity index (χ1v) is 9.45. The quantitative estimate of drug-likeness (QED) is 0.337. The molecule has 29 heavy (non-hydrogen) atoms. The molecular weight excluding hydrogens is 374 g/mol. The highest BCUT2D eigenvalue weighted by atomic mass is 16.7. The molecule has 6 atom stereocenters. The molecule has 3 unspecified atom stereocenters. The van der Waals surface area contributed by atoms with Crippen LogP contribution in [0.15, 0.2) is 65.8 Å². The summed E-state index contributed by atoms with van der Waals surface area (Å²) in [5.74, 6) is -0.858. The predicted molar refractivity (Wildman–Crippen MR) is 103 cm³/mol. The van der Waals surface area contributed by atoms with Crippen molar-refractivity contribution in [1.29, 1.82) is 0 Å². The number of azide groups is 1. The molecule has 2 saturated heterocycles. The van der Waals surface area contributed by atoms with Crippen LogP contribution in [0.4, 0.5) is 0 Å². The van der Waals surface area contributed by atoms with Crippen molar-refractivity contribution < 1.29 is 23.7 Å². The van der Waals surface area contributed by atoms with E-state index in [4.69, 9.17) is 24.5 Å². The Morgan fingerprint density at radius 1 is 1.10 bits per heavy atom. The van der Waals surface area contributed by atoms with Crippen molar-refractivity contribution in [3.63, 3.8) is 0 Å². The molecule has 150 valence electrons. The lowest BCUT2D eigenvalue weighted by atomic mass is 9.90. The van der Waals surface area contributed by atoms with Crippen molar-refractivity contribution in [3.8, 4) is 0 Å². The second-order valence-corrected chi connectivity index (χ2v) is 7.04. The number of benzene rings is 2. The number of carbonyl (C=O) groups is 1. The van der Waals surface area contributed by atoms with Crippen LogP contribution >= 0.6 is 0 Å². The average Bonchev–Trinajstić information content (AvgIpc) is 2.77. The number of esters is 1. The lowest BCUT2D eigenvalue weighted by molar-refractivity contribution is -0.319. The molecule has 0 saturated carbocycles. The smallest absolute Gasteiger partial charge is 0.338 e. The number of hydrogen-bond donors (Lipinski definition) is 0. The number of hydrogen-bond acceptors (Lipinski definition) is 6. The van der Waals surface area contributed by atoms with Gasteiger partial charge in [-0.2, -0.15) is 0 Å². The molecule has 2 aliphatic rings. The third-order valence-electron chi connectivity index (χ3n) is 5.15. The normalized spacial score (nSPS) is 31.2. The highest BCUT2D eigenvalue weighted by Crippen LogP contribution is 2.38. The van der Waals surface area contributed by atoms with Gasteiger partial charge in [0.05, 0.1) is 12.2 Å². The summed E-state index contributed by atoms with van der Waals surface area (Å²) >= 11 is 0. The fraction of sp³-hybridized carbons (Fsp3) is 0.381. The molecule has 0 amide bonds. The fourth-order valence-corrected chi connectivity index (χ4v) is 3.63. The van der Waals surface area contributed by atoms with Crippen LogP contribution in [0, 0.1) is 5.92 Å². The second kappa shape index (κ2) is 8.63. The minimum absolute atomic E-state index is 0.230. The molecule has 0 N–H and O–H groups in total. The van der Waals surface area contributed by atoms with Crippen LogP contribution in [0.5, 0.6) is 0 Å². The molecule has 2 aromatic carbocycles. The van der Waals surface area contributed by atoms with Crippen molar-refractivity contribution in [2.75, 3.05) is 6.61 Å². The van der Waals surface area contributed by atoms with Crippen LogP contribution in [0.25, 0.3) is 10.4 Å². The summed E-state index contributed by atoms with van der Waals surface area (Å²) < 4.78 is 23.7. The molecule has 2 fully saturated rings. The molecule has 2 aliphatic heterocycles. The van der Waals surface area contributed by atoms with Gasteiger partial charge in [-0.1, -0.05) is 60.6 Å². The lowest BCUT2D eigenvalue weighted by Crippen LogP contribution is -2.59. The molecule has 0 spiro atoms. The van der Waals surface area contributed by atoms with Gasteiger partial charge in [0, 0.05) is 16.4 Å². The average molecular weight is 395 g/mol. The largest absolute Gasteiger partial charge is 0.456 e. The predicted octanol–water partition coefficient (Wildman–Crippen LogP) is 4.00. The van der Waals surface area contributed by atoms with Crippen LogP contribution in [-0.2, 0) is 18.9 Å². The van der Waals surface area contributed by atoms with Crippen LogP contribution in [0.3, 0.4) is 0 Å². The molecule has 0 aliphatic carbocycles. The molecule has 4 rings (SSSR count). The first kappa shape index (κ1) is 19.4. The number of rotatable bonds is 4. The SMILES string of the molecule is CC1[C@H](N=[N+]=[N-])OC2COC(c3ccccc3)O[C@@H]2[C@@H]1OC(=O)c1ccccc1. The topological polar surface area (TPSA) is 103 Å². The highest BCUT2D eigenvalue weighted by Gasteiger charge is 2.50. The van der Waals surface area contributed by atoms with E-state index < -0.39 is 42.7 Å². The second-order valence-electron chi connectivity index (χ2n) is 7.04. The molecule has 8 nitrogen and oxygen atoms in total. The van der Waals surface area contributed by atoms with Crippen LogP contribution in [0.2, 0.25) is 0 Å². The van der Waals surface area contributed by atoms with Gasteiger partial charge in [0.1, 0.15) is 24.5 Å². The number of nitrogens with zero attached hydrogens (tertiary/aromatic N) is 3. The van der Waals surface area contributed by atoms with E-state index in [9.17, 15) is 4.79 Å². The van der Waals surface area contributed by atoms with Gasteiger partial charge < -0.3 is 18.9 Å². The van der Waals surface area contributed by atoms with Gasteiger partial charge in [0.25, 0.3) is 0 Å². The third-order valence-corrected chi connectivity index (χ3v) is 5.15. The van der Waals surface area contributed by atoms with Gasteiger partial charge in [0.15, 0.2) is 6.29 Å². The first-order chi connectivity index (χ1) is 14.2. The summed E-state index contributed by atoms with van der Waals surface area (Å²) in [6, 6.07) is 18.3. The van der Waals surface area contributed by atoms with E-state index in [-0.39, 0.29) is 6.61 Å². The summed E-state index contributed by atoms with van der Waals surface area (Å²) in [6.07, 6.45) is -3.11. The molecule has 0 aromatic heterocycles. The van der Waals surface area contributed by atoms with E-state index in [2.05, 4.69) is 10.0 Å². The summed E-state index contributed by atoms with van der Waals surface area (Å²) in [5.41, 5.74) is 10.2. The molecule has 2 aromatic rings. The van der Waals surface area contributed by atoms with Gasteiger partial charge in [-0.25, -0.2) is 4.79 Å². The number of ether oxygens (including phenoxy) is 4. The summed E-state index contributed by atoms with van der Waals surface area (Å²) in [7, 11) is 0. The molecule has 8 heteroatoms. The van der Waals surface area contributed by atoms with E-state index >= 15 is 0 Å². The zero-order valence-electron chi connectivity index (χ0n) is 15.8. The summed E-state index contributed by atoms with van der Waals surface area (Å²) in [4.78, 5) is 15.6. The summed E-state index contributed by atoms with van der Waals surface area (Å²) in [6.45, 7) is 2.04. The van der Waals surface area contributed by atoms with Gasteiger partial charge in [-0.05, 0) is 17.7 Å². The lowest BCUT2D eigenvalue weighted by Gasteiger charge is -2.47. The zero-order valence-corrected chi connectivity index (χ0v) is 15.8. The number of carbonyl (C=O) groups excluding carboxylic acids is 1. The van der Waals surface area contributed by atoms with Gasteiger partial charge in [-0.3, -0.25) is 0 Å². The van der Waals surface area contributed by atoms with Crippen LogP contribution in [0.1, 0.15) is 29.1 Å². The van der Waals surface area contributed by atoms with Crippen molar-refractivity contribution in [1.82, 2.24) is 0 Å². The van der Waals surface area contributed by atoms with E-state index in [1.807, 2.05) is 43.3 Å². The number of fused-ring (bicyclic) bond motifs is 1. The van der Waals surface area contributed by atoms with Crippen LogP contribution < -0.4 is 0 Å². The van der Waals surface area contributed by atoms with Crippen molar-refractivity contribution in [2.24, 2.45) is 11.0 Å². The van der Waals surface area contributed by atoms with Crippen LogP contribution in [-0.4, -0.2) is 37.1 Å². The van der Waals surface area contributed by atoms with Crippen molar-refractivity contribution >= 4 is 5.97 Å². The van der Waals surface area contributed by atoms with E-state index in [1.165, 1.54) is 0 Å². The maximum Gasteiger partial charge on any atom is 0.338 e. The maximum absolute atomic E-state index is 12.7. The molecule has 2 heterocycles. The van der Waals surface area contributed by atoms with E-state index in [0.717, 1.165) is 5.56 Å². The highest BCUT2D eigenvalue weighted by molar-refractivity contribution is 5.89. The Bertz CT molecular complexity index is 888. The summed E-state index contributed by atoms with van der Waals surface area (Å²) in [5, 5.41) is 3.72. The molecule has 0 bridgehead atoms. The Morgan fingerprint density at radius 2 is 1.79 bits per heavy atom. The first-order valence-electron chi connectivity index (χ1n) is 9.45. The monoisotopic (exact) mass is 395 g/mol.